The molecule has 0 saturated carbocycles. The summed E-state index contributed by atoms with van der Waals surface area (Å²) >= 11 is 0. The minimum absolute atomic E-state index is 0. The van der Waals surface area contributed by atoms with Crippen LogP contribution in [-0.4, -0.2) is 89.4 Å². The van der Waals surface area contributed by atoms with Crippen LogP contribution in [0.2, 0.25) is 0 Å². The Balaban J connectivity index is 0.00000433. The molecule has 0 bridgehead atoms. The zero-order valence-electron chi connectivity index (χ0n) is 26.4. The van der Waals surface area contributed by atoms with Crippen molar-refractivity contribution in [2.24, 2.45) is 0 Å². The average molecular weight is 665 g/mol. The van der Waals surface area contributed by atoms with Crippen LogP contribution >= 0.6 is 0 Å². The second kappa shape index (κ2) is 15.4. The van der Waals surface area contributed by atoms with Gasteiger partial charge >= 0.3 is 57.1 Å². The molecule has 0 radical (unpaired) electrons. The van der Waals surface area contributed by atoms with Crippen LogP contribution in [0, 0.1) is 12.7 Å². The number of H-pyrrole nitrogens is 1. The molecule has 240 valence electrons. The van der Waals surface area contributed by atoms with Crippen molar-refractivity contribution in [3.8, 4) is 34.0 Å². The number of aromatic amines is 1. The number of rotatable bonds is 9. The van der Waals surface area contributed by atoms with E-state index < -0.39 is 11.6 Å². The fourth-order valence-corrected chi connectivity index (χ4v) is 6.29. The molecule has 5 aromatic rings. The SMILES string of the molecule is CCCc1nc(C)n(-c2ccc(OC3C[C@@H](C)O[C@@H](C)C3)cc2)c(=O)c1Cc1ccc(-c2ccccc2-c2noc(=O)[nH]2)cc1F.[KH]. The number of hydrogen-bond donors (Lipinski definition) is 1. The Morgan fingerprint density at radius 2 is 1.70 bits per heavy atom. The molecule has 1 aliphatic heterocycles. The predicted molar refractivity (Wildman–Crippen MR) is 180 cm³/mol. The number of nitrogens with one attached hydrogen (secondary N) is 1. The molecule has 1 unspecified atom stereocenters. The Kier molecular flexibility index (Phi) is 11.5. The van der Waals surface area contributed by atoms with Crippen LogP contribution in [0.15, 0.2) is 80.8 Å². The molecule has 0 spiro atoms. The van der Waals surface area contributed by atoms with Crippen molar-refractivity contribution < 1.29 is 18.4 Å². The van der Waals surface area contributed by atoms with Crippen molar-refractivity contribution in [1.82, 2.24) is 19.7 Å². The summed E-state index contributed by atoms with van der Waals surface area (Å²) in [6, 6.07) is 19.6. The molecule has 1 aliphatic rings. The summed E-state index contributed by atoms with van der Waals surface area (Å²) in [7, 11) is 0. The first-order valence-electron chi connectivity index (χ1n) is 15.7. The second-order valence-corrected chi connectivity index (χ2v) is 11.9. The van der Waals surface area contributed by atoms with E-state index in [0.29, 0.717) is 51.4 Å². The van der Waals surface area contributed by atoms with Gasteiger partial charge in [-0.25, -0.2) is 14.2 Å². The molecule has 2 aromatic heterocycles. The monoisotopic (exact) mass is 664 g/mol. The quantitative estimate of drug-likeness (QED) is 0.195. The minimum atomic E-state index is -0.671. The van der Waals surface area contributed by atoms with Crippen molar-refractivity contribution in [3.63, 3.8) is 0 Å². The van der Waals surface area contributed by atoms with E-state index in [1.165, 1.54) is 6.07 Å². The Hall–Kier alpha value is -3.19. The van der Waals surface area contributed by atoms with Gasteiger partial charge in [-0.15, -0.1) is 0 Å². The maximum atomic E-state index is 15.8. The van der Waals surface area contributed by atoms with E-state index in [-0.39, 0.29) is 87.5 Å². The van der Waals surface area contributed by atoms with Gasteiger partial charge in [-0.05, 0) is 74.2 Å². The number of aromatic nitrogens is 4. The summed E-state index contributed by atoms with van der Waals surface area (Å²) in [4.78, 5) is 33.0. The summed E-state index contributed by atoms with van der Waals surface area (Å²) in [6.07, 6.45) is 3.48. The molecule has 11 heteroatoms. The summed E-state index contributed by atoms with van der Waals surface area (Å²) in [6.45, 7) is 7.95. The molecule has 1 N–H and O–H groups in total. The Morgan fingerprint density at radius 3 is 2.34 bits per heavy atom. The fraction of sp³-hybridized carbons (Fsp3) is 0.333. The van der Waals surface area contributed by atoms with Crippen LogP contribution in [0.4, 0.5) is 4.39 Å². The summed E-state index contributed by atoms with van der Waals surface area (Å²) in [5.41, 5.74) is 3.84. The number of nitrogens with zero attached hydrogens (tertiary/aromatic N) is 3. The van der Waals surface area contributed by atoms with Crippen LogP contribution in [0.3, 0.4) is 0 Å². The summed E-state index contributed by atoms with van der Waals surface area (Å²) in [5, 5.41) is 3.79. The van der Waals surface area contributed by atoms with Gasteiger partial charge in [0.1, 0.15) is 23.5 Å². The standard InChI is InChI=1S/C36H37FN4O5.K.H/c1-5-8-33-31(19-25-12-11-24(20-32(25)37)29-9-6-7-10-30(29)34-39-36(43)46-40-34)35(42)41(23(4)38-33)26-13-15-27(16-14-26)45-28-17-21(2)44-22(3)18-28;;/h6-7,9-16,20-22,28H,5,8,17-19H2,1-4H3,(H,39,40,43);;/t21-,22+,28?;;. The van der Waals surface area contributed by atoms with Crippen molar-refractivity contribution in [2.45, 2.75) is 78.1 Å². The molecule has 3 heterocycles. The normalized spacial score (nSPS) is 17.7. The Morgan fingerprint density at radius 1 is 1.00 bits per heavy atom. The molecular weight excluding hydrogens is 627 g/mol. The van der Waals surface area contributed by atoms with Gasteiger partial charge in [-0.1, -0.05) is 54.9 Å². The van der Waals surface area contributed by atoms with Gasteiger partial charge in [-0.3, -0.25) is 18.9 Å². The Bertz CT molecular complexity index is 1960. The van der Waals surface area contributed by atoms with Crippen LogP contribution in [0.1, 0.15) is 62.7 Å². The first-order valence-corrected chi connectivity index (χ1v) is 15.7. The molecule has 3 atom stereocenters. The maximum absolute atomic E-state index is 15.8. The fourth-order valence-electron chi connectivity index (χ4n) is 6.29. The zero-order valence-corrected chi connectivity index (χ0v) is 26.4. The van der Waals surface area contributed by atoms with Gasteiger partial charge in [0.2, 0.25) is 0 Å². The zero-order chi connectivity index (χ0) is 32.4. The molecule has 1 fully saturated rings. The van der Waals surface area contributed by atoms with Crippen molar-refractivity contribution in [3.05, 3.63) is 116 Å². The topological polar surface area (TPSA) is 112 Å². The summed E-state index contributed by atoms with van der Waals surface area (Å²) in [5.74, 6) is 0.433. The van der Waals surface area contributed by atoms with Gasteiger partial charge in [0, 0.05) is 30.4 Å². The first kappa shape index (κ1) is 35.1. The third-order valence-corrected chi connectivity index (χ3v) is 8.32. The third kappa shape index (κ3) is 7.93. The van der Waals surface area contributed by atoms with Crippen molar-refractivity contribution >= 4 is 51.4 Å². The van der Waals surface area contributed by atoms with E-state index in [1.54, 1.807) is 28.8 Å². The molecule has 0 aliphatic carbocycles. The van der Waals surface area contributed by atoms with E-state index in [2.05, 4.69) is 28.5 Å². The van der Waals surface area contributed by atoms with E-state index in [9.17, 15) is 9.59 Å². The summed E-state index contributed by atoms with van der Waals surface area (Å²) < 4.78 is 34.1. The average Bonchev–Trinajstić information content (AvgIpc) is 3.46. The Labute approximate surface area is 315 Å². The van der Waals surface area contributed by atoms with Gasteiger partial charge in [0.15, 0.2) is 5.82 Å². The second-order valence-electron chi connectivity index (χ2n) is 11.9. The molecular formula is C36H38FKN4O5. The number of halogens is 1. The van der Waals surface area contributed by atoms with Crippen LogP contribution in [-0.2, 0) is 17.6 Å². The molecule has 0 amide bonds. The van der Waals surface area contributed by atoms with Gasteiger partial charge in [0.25, 0.3) is 5.56 Å². The van der Waals surface area contributed by atoms with Crippen LogP contribution in [0.25, 0.3) is 28.2 Å². The number of ether oxygens (including phenoxy) is 2. The van der Waals surface area contributed by atoms with Crippen LogP contribution < -0.4 is 16.1 Å². The molecule has 3 aromatic carbocycles. The van der Waals surface area contributed by atoms with Gasteiger partial charge in [0.05, 0.1) is 23.6 Å². The molecule has 47 heavy (non-hydrogen) atoms. The number of aryl methyl sites for hydroxylation is 2. The molecule has 9 nitrogen and oxygen atoms in total. The van der Waals surface area contributed by atoms with Crippen LogP contribution in [0.5, 0.6) is 5.75 Å². The number of benzene rings is 3. The van der Waals surface area contributed by atoms with E-state index in [0.717, 1.165) is 25.0 Å². The van der Waals surface area contributed by atoms with E-state index >= 15 is 4.39 Å². The van der Waals surface area contributed by atoms with Crippen molar-refractivity contribution in [2.75, 3.05) is 0 Å². The third-order valence-electron chi connectivity index (χ3n) is 8.32. The van der Waals surface area contributed by atoms with Gasteiger partial charge in [-0.2, -0.15) is 0 Å². The predicted octanol–water partition coefficient (Wildman–Crippen LogP) is 5.92. The van der Waals surface area contributed by atoms with E-state index in [4.69, 9.17) is 14.5 Å². The van der Waals surface area contributed by atoms with Crippen molar-refractivity contribution in [1.29, 1.82) is 0 Å². The van der Waals surface area contributed by atoms with E-state index in [1.807, 2.05) is 50.2 Å². The number of hydrogen-bond acceptors (Lipinski definition) is 7. The first-order chi connectivity index (χ1) is 22.2. The molecule has 1 saturated heterocycles. The molecule has 6 rings (SSSR count). The van der Waals surface area contributed by atoms with Gasteiger partial charge < -0.3 is 9.47 Å².